The first-order chi connectivity index (χ1) is 8.00. The molecule has 0 heterocycles. The summed E-state index contributed by atoms with van der Waals surface area (Å²) in [5, 5.41) is 3.96. The highest BCUT2D eigenvalue weighted by Crippen LogP contribution is 2.17. The molecule has 17 heavy (non-hydrogen) atoms. The lowest BCUT2D eigenvalue weighted by Gasteiger charge is -2.07. The average molecular weight is 254 g/mol. The molecule has 0 spiro atoms. The molecule has 0 saturated carbocycles. The van der Waals surface area contributed by atoms with E-state index in [1.165, 1.54) is 0 Å². The third kappa shape index (κ3) is 4.88. The summed E-state index contributed by atoms with van der Waals surface area (Å²) >= 11 is 6.00. The highest BCUT2D eigenvalue weighted by Gasteiger charge is 2.07. The van der Waals surface area contributed by atoms with Gasteiger partial charge in [-0.25, -0.2) is 0 Å². The summed E-state index contributed by atoms with van der Waals surface area (Å²) in [5.41, 5.74) is 1.72. The smallest absolute Gasteiger partial charge is 0.162 e. The number of hydrogen-bond donors (Lipinski definition) is 1. The molecule has 0 aliphatic heterocycles. The second-order valence-electron chi connectivity index (χ2n) is 4.60. The van der Waals surface area contributed by atoms with Gasteiger partial charge in [-0.3, -0.25) is 4.79 Å². The molecular weight excluding hydrogens is 234 g/mol. The van der Waals surface area contributed by atoms with Crippen LogP contribution in [0.3, 0.4) is 0 Å². The molecule has 94 valence electrons. The Balaban J connectivity index is 2.44. The summed E-state index contributed by atoms with van der Waals surface area (Å²) in [4.78, 5) is 11.9. The van der Waals surface area contributed by atoms with Crippen LogP contribution in [0.15, 0.2) is 18.2 Å². The maximum atomic E-state index is 11.9. The van der Waals surface area contributed by atoms with E-state index in [9.17, 15) is 4.79 Å². The summed E-state index contributed by atoms with van der Waals surface area (Å²) in [7, 11) is 0. The van der Waals surface area contributed by atoms with E-state index in [4.69, 9.17) is 11.6 Å². The summed E-state index contributed by atoms with van der Waals surface area (Å²) in [5.74, 6) is 0.164. The molecule has 0 bridgehead atoms. The van der Waals surface area contributed by atoms with E-state index in [2.05, 4.69) is 19.2 Å². The lowest BCUT2D eigenvalue weighted by Crippen LogP contribution is -2.24. The number of benzene rings is 1. The summed E-state index contributed by atoms with van der Waals surface area (Å²) in [6.07, 6.45) is 1.43. The summed E-state index contributed by atoms with van der Waals surface area (Å²) < 4.78 is 0. The molecule has 0 unspecified atom stereocenters. The van der Waals surface area contributed by atoms with Gasteiger partial charge in [0.2, 0.25) is 0 Å². The van der Waals surface area contributed by atoms with Gasteiger partial charge in [-0.05, 0) is 31.5 Å². The van der Waals surface area contributed by atoms with Crippen LogP contribution in [0.25, 0.3) is 0 Å². The van der Waals surface area contributed by atoms with Gasteiger partial charge in [0.1, 0.15) is 0 Å². The topological polar surface area (TPSA) is 29.1 Å². The van der Waals surface area contributed by atoms with Crippen molar-refractivity contribution in [1.29, 1.82) is 0 Å². The minimum absolute atomic E-state index is 0.164. The van der Waals surface area contributed by atoms with Gasteiger partial charge in [0.25, 0.3) is 0 Å². The molecule has 1 aromatic carbocycles. The van der Waals surface area contributed by atoms with Crippen LogP contribution in [0.5, 0.6) is 0 Å². The van der Waals surface area contributed by atoms with Gasteiger partial charge in [0.15, 0.2) is 5.78 Å². The first-order valence-electron chi connectivity index (χ1n) is 6.03. The Morgan fingerprint density at radius 2 is 2.12 bits per heavy atom. The van der Waals surface area contributed by atoms with E-state index < -0.39 is 0 Å². The van der Waals surface area contributed by atoms with Crippen LogP contribution in [-0.2, 0) is 0 Å². The van der Waals surface area contributed by atoms with E-state index in [0.717, 1.165) is 18.5 Å². The van der Waals surface area contributed by atoms with E-state index >= 15 is 0 Å². The minimum atomic E-state index is 0.164. The van der Waals surface area contributed by atoms with Crippen molar-refractivity contribution in [2.45, 2.75) is 39.7 Å². The maximum Gasteiger partial charge on any atom is 0.162 e. The highest BCUT2D eigenvalue weighted by atomic mass is 35.5. The average Bonchev–Trinajstić information content (AvgIpc) is 2.27. The van der Waals surface area contributed by atoms with Crippen LogP contribution in [0.1, 0.15) is 42.6 Å². The van der Waals surface area contributed by atoms with E-state index in [-0.39, 0.29) is 5.78 Å². The van der Waals surface area contributed by atoms with Gasteiger partial charge in [0, 0.05) is 23.0 Å². The fraction of sp³-hybridized carbons (Fsp3) is 0.500. The zero-order valence-corrected chi connectivity index (χ0v) is 11.5. The standard InChI is InChI=1S/C14H20ClNO/c1-10(2)16-8-4-5-14(17)12-7-6-11(3)13(15)9-12/h6-7,9-10,16H,4-5,8H2,1-3H3. The number of ketones is 1. The fourth-order valence-electron chi connectivity index (χ4n) is 1.55. The lowest BCUT2D eigenvalue weighted by atomic mass is 10.0. The van der Waals surface area contributed by atoms with Gasteiger partial charge in [0.05, 0.1) is 0 Å². The monoisotopic (exact) mass is 253 g/mol. The Morgan fingerprint density at radius 1 is 1.41 bits per heavy atom. The maximum absolute atomic E-state index is 11.9. The number of rotatable bonds is 6. The second-order valence-corrected chi connectivity index (χ2v) is 5.01. The highest BCUT2D eigenvalue weighted by molar-refractivity contribution is 6.31. The second kappa shape index (κ2) is 6.77. The SMILES string of the molecule is Cc1ccc(C(=O)CCCNC(C)C)cc1Cl. The molecule has 0 radical (unpaired) electrons. The van der Waals surface area contributed by atoms with Crippen LogP contribution in [0.2, 0.25) is 5.02 Å². The molecule has 0 aliphatic carbocycles. The molecule has 1 N–H and O–H groups in total. The van der Waals surface area contributed by atoms with Crippen molar-refractivity contribution in [2.75, 3.05) is 6.54 Å². The van der Waals surface area contributed by atoms with Crippen molar-refractivity contribution in [3.63, 3.8) is 0 Å². The van der Waals surface area contributed by atoms with Crippen molar-refractivity contribution >= 4 is 17.4 Å². The van der Waals surface area contributed by atoms with Crippen molar-refractivity contribution in [2.24, 2.45) is 0 Å². The van der Waals surface area contributed by atoms with Gasteiger partial charge >= 0.3 is 0 Å². The van der Waals surface area contributed by atoms with Crippen molar-refractivity contribution in [3.05, 3.63) is 34.3 Å². The van der Waals surface area contributed by atoms with Crippen LogP contribution >= 0.6 is 11.6 Å². The lowest BCUT2D eigenvalue weighted by molar-refractivity contribution is 0.0980. The number of halogens is 1. The fourth-order valence-corrected chi connectivity index (χ4v) is 1.73. The van der Waals surface area contributed by atoms with Crippen LogP contribution in [-0.4, -0.2) is 18.4 Å². The van der Waals surface area contributed by atoms with Gasteiger partial charge < -0.3 is 5.32 Å². The van der Waals surface area contributed by atoms with E-state index in [1.807, 2.05) is 19.1 Å². The quantitative estimate of drug-likeness (QED) is 0.620. The van der Waals surface area contributed by atoms with Crippen molar-refractivity contribution in [3.8, 4) is 0 Å². The molecule has 0 amide bonds. The normalized spacial score (nSPS) is 10.9. The van der Waals surface area contributed by atoms with Crippen molar-refractivity contribution in [1.82, 2.24) is 5.32 Å². The molecule has 0 aromatic heterocycles. The zero-order chi connectivity index (χ0) is 12.8. The Kier molecular flexibility index (Phi) is 5.66. The third-order valence-corrected chi connectivity index (χ3v) is 3.03. The predicted molar refractivity (Wildman–Crippen MR) is 72.9 cm³/mol. The number of Topliss-reactive ketones (excluding diaryl/α,β-unsaturated/α-hetero) is 1. The first kappa shape index (κ1) is 14.2. The van der Waals surface area contributed by atoms with E-state index in [1.54, 1.807) is 6.07 Å². The Morgan fingerprint density at radius 3 is 2.71 bits per heavy atom. The molecule has 2 nitrogen and oxygen atoms in total. The largest absolute Gasteiger partial charge is 0.315 e. The molecule has 1 rings (SSSR count). The molecule has 0 atom stereocenters. The number of nitrogens with one attached hydrogen (secondary N) is 1. The number of carbonyl (C=O) groups excluding carboxylic acids is 1. The Labute approximate surface area is 108 Å². The molecule has 0 fully saturated rings. The number of carbonyl (C=O) groups is 1. The predicted octanol–water partition coefficient (Wildman–Crippen LogP) is 3.61. The van der Waals surface area contributed by atoms with Crippen LogP contribution in [0.4, 0.5) is 0 Å². The van der Waals surface area contributed by atoms with Gasteiger partial charge in [-0.2, -0.15) is 0 Å². The zero-order valence-electron chi connectivity index (χ0n) is 10.7. The van der Waals surface area contributed by atoms with Crippen LogP contribution in [0, 0.1) is 6.92 Å². The molecular formula is C14H20ClNO. The van der Waals surface area contributed by atoms with E-state index in [0.29, 0.717) is 23.0 Å². The molecule has 1 aromatic rings. The van der Waals surface area contributed by atoms with Gasteiger partial charge in [-0.1, -0.05) is 37.6 Å². The first-order valence-corrected chi connectivity index (χ1v) is 6.41. The van der Waals surface area contributed by atoms with Crippen molar-refractivity contribution < 1.29 is 4.79 Å². The van der Waals surface area contributed by atoms with Gasteiger partial charge in [-0.15, -0.1) is 0 Å². The third-order valence-electron chi connectivity index (χ3n) is 2.63. The summed E-state index contributed by atoms with van der Waals surface area (Å²) in [6, 6.07) is 5.97. The molecule has 3 heteroatoms. The van der Waals surface area contributed by atoms with Crippen LogP contribution < -0.4 is 5.32 Å². The number of hydrogen-bond acceptors (Lipinski definition) is 2. The minimum Gasteiger partial charge on any atom is -0.315 e. The molecule has 0 aliphatic rings. The Hall–Kier alpha value is -0.860. The summed E-state index contributed by atoms with van der Waals surface area (Å²) in [6.45, 7) is 7.01. The number of aryl methyl sites for hydroxylation is 1. The molecule has 0 saturated heterocycles. The Bertz CT molecular complexity index is 388.